The fraction of sp³-hybridized carbons (Fsp3) is 0.611. The summed E-state index contributed by atoms with van der Waals surface area (Å²) in [5.74, 6) is 0.0142. The molecule has 0 bridgehead atoms. The Labute approximate surface area is 136 Å². The average Bonchev–Trinajstić information content (AvgIpc) is 3.25. The minimum atomic E-state index is -0.239. The zero-order valence-electron chi connectivity index (χ0n) is 13.3. The second kappa shape index (κ2) is 5.87. The molecule has 3 fully saturated rings. The molecule has 0 radical (unpaired) electrons. The normalized spacial score (nSPS) is 31.6. The van der Waals surface area contributed by atoms with Gasteiger partial charge in [-0.3, -0.25) is 9.69 Å². The Balaban J connectivity index is 1.43. The summed E-state index contributed by atoms with van der Waals surface area (Å²) in [5.41, 5.74) is 0.657. The van der Waals surface area contributed by atoms with Gasteiger partial charge in [-0.25, -0.2) is 4.39 Å². The molecular formula is C18H23FN2O2. The number of nitrogens with zero attached hydrogens (tertiary/aromatic N) is 2. The van der Waals surface area contributed by atoms with Crippen LogP contribution in [0.5, 0.6) is 0 Å². The first-order chi connectivity index (χ1) is 11.2. The highest BCUT2D eigenvalue weighted by Crippen LogP contribution is 2.42. The molecule has 1 spiro atoms. The molecule has 2 atom stereocenters. The maximum Gasteiger partial charge on any atom is 0.230 e. The summed E-state index contributed by atoms with van der Waals surface area (Å²) in [6, 6.07) is 7.04. The number of hydrogen-bond acceptors (Lipinski definition) is 3. The number of rotatable bonds is 3. The first kappa shape index (κ1) is 15.1. The van der Waals surface area contributed by atoms with Crippen molar-refractivity contribution >= 4 is 5.91 Å². The highest BCUT2D eigenvalue weighted by Gasteiger charge is 2.51. The van der Waals surface area contributed by atoms with Crippen molar-refractivity contribution in [1.82, 2.24) is 9.80 Å². The number of likely N-dealkylation sites (tertiary alicyclic amines) is 2. The summed E-state index contributed by atoms with van der Waals surface area (Å²) in [7, 11) is 0. The van der Waals surface area contributed by atoms with Crippen molar-refractivity contribution < 1.29 is 13.9 Å². The summed E-state index contributed by atoms with van der Waals surface area (Å²) < 4.78 is 18.8. The van der Waals surface area contributed by atoms with Crippen molar-refractivity contribution in [1.29, 1.82) is 0 Å². The quantitative estimate of drug-likeness (QED) is 0.855. The van der Waals surface area contributed by atoms with Gasteiger partial charge >= 0.3 is 0 Å². The molecule has 1 aromatic carbocycles. The summed E-state index contributed by atoms with van der Waals surface area (Å²) in [6.45, 7) is 4.80. The minimum Gasteiger partial charge on any atom is -0.380 e. The molecular weight excluding hydrogens is 295 g/mol. The standard InChI is InChI=1S/C18H23FN2O2/c19-15-3-1-2-14(10-15)11-20-7-5-18(17(20)22)6-8-21(13-18)16-4-9-23-12-16/h1-3,10,16H,4-9,11-13H2. The van der Waals surface area contributed by atoms with Crippen molar-refractivity contribution in [2.24, 2.45) is 5.41 Å². The van der Waals surface area contributed by atoms with E-state index >= 15 is 0 Å². The van der Waals surface area contributed by atoms with Crippen molar-refractivity contribution in [3.05, 3.63) is 35.6 Å². The van der Waals surface area contributed by atoms with E-state index in [9.17, 15) is 9.18 Å². The Morgan fingerprint density at radius 1 is 1.30 bits per heavy atom. The number of benzene rings is 1. The topological polar surface area (TPSA) is 32.8 Å². The van der Waals surface area contributed by atoms with Gasteiger partial charge in [-0.1, -0.05) is 12.1 Å². The lowest BCUT2D eigenvalue weighted by molar-refractivity contribution is -0.136. The van der Waals surface area contributed by atoms with E-state index in [0.29, 0.717) is 12.6 Å². The molecule has 23 heavy (non-hydrogen) atoms. The molecule has 3 aliphatic rings. The Kier molecular flexibility index (Phi) is 3.85. The summed E-state index contributed by atoms with van der Waals surface area (Å²) in [6.07, 6.45) is 2.95. The molecule has 1 amide bonds. The molecule has 4 rings (SSSR count). The predicted octanol–water partition coefficient (Wildman–Crippen LogP) is 2.04. The Bertz CT molecular complexity index is 602. The SMILES string of the molecule is O=C1N(Cc2cccc(F)c2)CCC12CCN(C1CCOC1)C2. The lowest BCUT2D eigenvalue weighted by Gasteiger charge is -2.26. The molecule has 4 nitrogen and oxygen atoms in total. The number of hydrogen-bond donors (Lipinski definition) is 0. The maximum absolute atomic E-state index is 13.3. The molecule has 3 heterocycles. The summed E-state index contributed by atoms with van der Waals surface area (Å²) >= 11 is 0. The average molecular weight is 318 g/mol. The highest BCUT2D eigenvalue weighted by molar-refractivity contribution is 5.85. The van der Waals surface area contributed by atoms with Crippen LogP contribution in [0.4, 0.5) is 4.39 Å². The van der Waals surface area contributed by atoms with E-state index in [1.165, 1.54) is 12.1 Å². The van der Waals surface area contributed by atoms with E-state index in [4.69, 9.17) is 4.74 Å². The van der Waals surface area contributed by atoms with Crippen LogP contribution in [0.15, 0.2) is 24.3 Å². The fourth-order valence-corrected chi connectivity index (χ4v) is 4.30. The third-order valence-corrected chi connectivity index (χ3v) is 5.67. The van der Waals surface area contributed by atoms with Gasteiger partial charge in [0.15, 0.2) is 0 Å². The second-order valence-electron chi connectivity index (χ2n) is 7.12. The molecule has 124 valence electrons. The molecule has 3 aliphatic heterocycles. The molecule has 1 aromatic rings. The Morgan fingerprint density at radius 3 is 2.96 bits per heavy atom. The molecule has 0 aliphatic carbocycles. The first-order valence-electron chi connectivity index (χ1n) is 8.52. The summed E-state index contributed by atoms with van der Waals surface area (Å²) in [5, 5.41) is 0. The van der Waals surface area contributed by atoms with Crippen LogP contribution in [0.1, 0.15) is 24.8 Å². The molecule has 0 N–H and O–H groups in total. The van der Waals surface area contributed by atoms with E-state index < -0.39 is 0 Å². The van der Waals surface area contributed by atoms with Crippen LogP contribution >= 0.6 is 0 Å². The molecule has 2 unspecified atom stereocenters. The zero-order valence-corrected chi connectivity index (χ0v) is 13.3. The van der Waals surface area contributed by atoms with Crippen LogP contribution in [0, 0.1) is 11.2 Å². The van der Waals surface area contributed by atoms with Gasteiger partial charge in [0.25, 0.3) is 0 Å². The van der Waals surface area contributed by atoms with E-state index in [0.717, 1.165) is 57.7 Å². The van der Waals surface area contributed by atoms with E-state index in [1.807, 2.05) is 11.0 Å². The van der Waals surface area contributed by atoms with Crippen LogP contribution in [0.3, 0.4) is 0 Å². The van der Waals surface area contributed by atoms with E-state index in [-0.39, 0.29) is 17.1 Å². The van der Waals surface area contributed by atoms with Gasteiger partial charge in [0.05, 0.1) is 12.0 Å². The lowest BCUT2D eigenvalue weighted by Crippen LogP contribution is -2.39. The Hall–Kier alpha value is -1.46. The van der Waals surface area contributed by atoms with E-state index in [1.54, 1.807) is 6.07 Å². The smallest absolute Gasteiger partial charge is 0.230 e. The third kappa shape index (κ3) is 2.76. The van der Waals surface area contributed by atoms with Crippen molar-refractivity contribution in [3.8, 4) is 0 Å². The summed E-state index contributed by atoms with van der Waals surface area (Å²) in [4.78, 5) is 17.3. The Morgan fingerprint density at radius 2 is 2.17 bits per heavy atom. The third-order valence-electron chi connectivity index (χ3n) is 5.67. The second-order valence-corrected chi connectivity index (χ2v) is 7.12. The van der Waals surface area contributed by atoms with Crippen LogP contribution in [-0.4, -0.2) is 54.6 Å². The van der Waals surface area contributed by atoms with Crippen molar-refractivity contribution in [3.63, 3.8) is 0 Å². The van der Waals surface area contributed by atoms with Gasteiger partial charge in [-0.05, 0) is 43.5 Å². The number of carbonyl (C=O) groups is 1. The lowest BCUT2D eigenvalue weighted by atomic mass is 9.85. The van der Waals surface area contributed by atoms with Gasteiger partial charge in [-0.2, -0.15) is 0 Å². The van der Waals surface area contributed by atoms with Crippen LogP contribution in [0.25, 0.3) is 0 Å². The van der Waals surface area contributed by atoms with Gasteiger partial charge < -0.3 is 9.64 Å². The van der Waals surface area contributed by atoms with E-state index in [2.05, 4.69) is 4.90 Å². The largest absolute Gasteiger partial charge is 0.380 e. The minimum absolute atomic E-state index is 0.212. The first-order valence-corrected chi connectivity index (χ1v) is 8.52. The number of ether oxygens (including phenoxy) is 1. The van der Waals surface area contributed by atoms with Crippen molar-refractivity contribution in [2.75, 3.05) is 32.8 Å². The van der Waals surface area contributed by atoms with Crippen LogP contribution in [-0.2, 0) is 16.1 Å². The molecule has 0 aromatic heterocycles. The zero-order chi connectivity index (χ0) is 15.9. The van der Waals surface area contributed by atoms with Gasteiger partial charge in [0.2, 0.25) is 5.91 Å². The monoisotopic (exact) mass is 318 g/mol. The highest BCUT2D eigenvalue weighted by atomic mass is 19.1. The van der Waals surface area contributed by atoms with Gasteiger partial charge in [-0.15, -0.1) is 0 Å². The van der Waals surface area contributed by atoms with Gasteiger partial charge in [0.1, 0.15) is 5.82 Å². The molecule has 3 saturated heterocycles. The fourth-order valence-electron chi connectivity index (χ4n) is 4.30. The number of carbonyl (C=O) groups excluding carboxylic acids is 1. The molecule has 0 saturated carbocycles. The van der Waals surface area contributed by atoms with Gasteiger partial charge in [0, 0.05) is 32.3 Å². The predicted molar refractivity (Wildman–Crippen MR) is 84.3 cm³/mol. The number of amides is 1. The maximum atomic E-state index is 13.3. The van der Waals surface area contributed by atoms with Crippen molar-refractivity contribution in [2.45, 2.75) is 31.8 Å². The van der Waals surface area contributed by atoms with Crippen LogP contribution < -0.4 is 0 Å². The molecule has 5 heteroatoms. The van der Waals surface area contributed by atoms with Crippen LogP contribution in [0.2, 0.25) is 0 Å². The number of halogens is 1.